The molecule has 0 bridgehead atoms. The average molecular weight is 324 g/mol. The summed E-state index contributed by atoms with van der Waals surface area (Å²) in [4.78, 5) is 11.5. The maximum atomic E-state index is 11.5. The lowest BCUT2D eigenvalue weighted by Gasteiger charge is -2.05. The van der Waals surface area contributed by atoms with Crippen molar-refractivity contribution in [1.29, 1.82) is 0 Å². The SMILES string of the molecule is C#CC#CC#CC#CC#CC#CC(=O)OCc1cc(O)cc(CC)c1. The second kappa shape index (κ2) is 11.4. The number of esters is 1. The second-order valence-electron chi connectivity index (χ2n) is 4.33. The fraction of sp³-hybridized carbons (Fsp3) is 0.136. The zero-order valence-corrected chi connectivity index (χ0v) is 13.5. The maximum Gasteiger partial charge on any atom is 0.385 e. The van der Waals surface area contributed by atoms with E-state index in [4.69, 9.17) is 11.2 Å². The normalized spacial score (nSPS) is 7.20. The quantitative estimate of drug-likeness (QED) is 0.522. The van der Waals surface area contributed by atoms with Gasteiger partial charge in [0.1, 0.15) is 12.4 Å². The molecule has 0 atom stereocenters. The number of hydrogen-bond donors (Lipinski definition) is 1. The van der Waals surface area contributed by atoms with Gasteiger partial charge in [-0.25, -0.2) is 4.79 Å². The third-order valence-corrected chi connectivity index (χ3v) is 2.55. The molecule has 0 aromatic heterocycles. The number of hydrogen-bond acceptors (Lipinski definition) is 3. The van der Waals surface area contributed by atoms with Crippen molar-refractivity contribution >= 4 is 5.97 Å². The molecule has 1 N–H and O–H groups in total. The van der Waals surface area contributed by atoms with Crippen LogP contribution in [-0.4, -0.2) is 11.1 Å². The predicted molar refractivity (Wildman–Crippen MR) is 95.0 cm³/mol. The third kappa shape index (κ3) is 8.77. The minimum absolute atomic E-state index is 0.0242. The van der Waals surface area contributed by atoms with Gasteiger partial charge >= 0.3 is 5.97 Å². The van der Waals surface area contributed by atoms with Gasteiger partial charge in [-0.05, 0) is 88.9 Å². The van der Waals surface area contributed by atoms with Crippen molar-refractivity contribution in [2.24, 2.45) is 0 Å². The zero-order chi connectivity index (χ0) is 18.3. The lowest BCUT2D eigenvalue weighted by molar-refractivity contribution is -0.137. The largest absolute Gasteiger partial charge is 0.508 e. The van der Waals surface area contributed by atoms with E-state index in [1.807, 2.05) is 13.0 Å². The number of phenolic OH excluding ortho intramolecular Hbond substituents is 1. The topological polar surface area (TPSA) is 46.5 Å². The third-order valence-electron chi connectivity index (χ3n) is 2.55. The summed E-state index contributed by atoms with van der Waals surface area (Å²) in [5.41, 5.74) is 1.64. The van der Waals surface area contributed by atoms with E-state index in [0.717, 1.165) is 12.0 Å². The number of aromatic hydroxyl groups is 1. The van der Waals surface area contributed by atoms with Crippen LogP contribution < -0.4 is 0 Å². The van der Waals surface area contributed by atoms with Gasteiger partial charge in [0.25, 0.3) is 0 Å². The number of phenols is 1. The molecule has 0 aliphatic heterocycles. The molecule has 0 amide bonds. The van der Waals surface area contributed by atoms with Crippen LogP contribution in [0, 0.1) is 71.5 Å². The van der Waals surface area contributed by atoms with E-state index in [9.17, 15) is 9.90 Å². The van der Waals surface area contributed by atoms with Gasteiger partial charge in [-0.1, -0.05) is 13.0 Å². The van der Waals surface area contributed by atoms with Crippen molar-refractivity contribution in [3.63, 3.8) is 0 Å². The Morgan fingerprint density at radius 3 is 2.12 bits per heavy atom. The molecule has 0 saturated carbocycles. The van der Waals surface area contributed by atoms with Crippen LogP contribution in [0.15, 0.2) is 18.2 Å². The summed E-state index contributed by atoms with van der Waals surface area (Å²) >= 11 is 0. The van der Waals surface area contributed by atoms with Gasteiger partial charge in [0, 0.05) is 5.92 Å². The highest BCUT2D eigenvalue weighted by Gasteiger charge is 2.02. The summed E-state index contributed by atoms with van der Waals surface area (Å²) < 4.78 is 4.98. The van der Waals surface area contributed by atoms with Crippen molar-refractivity contribution in [2.75, 3.05) is 0 Å². The summed E-state index contributed by atoms with van der Waals surface area (Å²) in [6.45, 7) is 1.99. The first-order valence-electron chi connectivity index (χ1n) is 7.11. The van der Waals surface area contributed by atoms with Crippen LogP contribution in [0.25, 0.3) is 0 Å². The van der Waals surface area contributed by atoms with Crippen molar-refractivity contribution in [1.82, 2.24) is 0 Å². The lowest BCUT2D eigenvalue weighted by atomic mass is 10.1. The number of aryl methyl sites for hydroxylation is 1. The molecule has 0 unspecified atom stereocenters. The number of carbonyl (C=O) groups excluding carboxylic acids is 1. The van der Waals surface area contributed by atoms with E-state index < -0.39 is 5.97 Å². The summed E-state index contributed by atoms with van der Waals surface area (Å²) in [6, 6.07) is 5.04. The van der Waals surface area contributed by atoms with E-state index >= 15 is 0 Å². The van der Waals surface area contributed by atoms with Crippen molar-refractivity contribution in [2.45, 2.75) is 20.0 Å². The molecule has 1 aromatic carbocycles. The molecule has 3 heteroatoms. The molecule has 25 heavy (non-hydrogen) atoms. The van der Waals surface area contributed by atoms with E-state index in [0.29, 0.717) is 5.56 Å². The molecule has 1 aromatic rings. The zero-order valence-electron chi connectivity index (χ0n) is 13.5. The second-order valence-corrected chi connectivity index (χ2v) is 4.33. The highest BCUT2D eigenvalue weighted by molar-refractivity contribution is 5.89. The lowest BCUT2D eigenvalue weighted by Crippen LogP contribution is -2.01. The first-order valence-corrected chi connectivity index (χ1v) is 7.11. The molecule has 0 heterocycles. The maximum absolute atomic E-state index is 11.5. The van der Waals surface area contributed by atoms with Crippen LogP contribution in [-0.2, 0) is 22.6 Å². The number of ether oxygens (including phenoxy) is 1. The Kier molecular flexibility index (Phi) is 8.63. The van der Waals surface area contributed by atoms with Crippen LogP contribution in [0.1, 0.15) is 18.1 Å². The number of benzene rings is 1. The highest BCUT2D eigenvalue weighted by atomic mass is 16.5. The fourth-order valence-corrected chi connectivity index (χ4v) is 1.55. The summed E-state index contributed by atoms with van der Waals surface area (Å²) in [7, 11) is 0. The van der Waals surface area contributed by atoms with Crippen LogP contribution in [0.5, 0.6) is 5.75 Å². The van der Waals surface area contributed by atoms with Crippen LogP contribution >= 0.6 is 0 Å². The van der Waals surface area contributed by atoms with Crippen LogP contribution in [0.3, 0.4) is 0 Å². The standard InChI is InChI=1S/C22H12O3/c1-3-5-6-7-8-9-10-11-12-13-14-22(24)25-18-20-15-19(4-2)16-21(23)17-20/h1,15-17,23H,4,18H2,2H3. The minimum atomic E-state index is -0.715. The van der Waals surface area contributed by atoms with Gasteiger partial charge in [-0.3, -0.25) is 0 Å². The van der Waals surface area contributed by atoms with Crippen LogP contribution in [0.4, 0.5) is 0 Å². The van der Waals surface area contributed by atoms with Gasteiger partial charge in [0.15, 0.2) is 0 Å². The fourth-order valence-electron chi connectivity index (χ4n) is 1.55. The highest BCUT2D eigenvalue weighted by Crippen LogP contribution is 2.16. The van der Waals surface area contributed by atoms with Gasteiger partial charge in [-0.2, -0.15) is 0 Å². The Morgan fingerprint density at radius 2 is 1.52 bits per heavy atom. The monoisotopic (exact) mass is 324 g/mol. The molecular formula is C22H12O3. The van der Waals surface area contributed by atoms with E-state index in [2.05, 4.69) is 65.1 Å². The molecule has 118 valence electrons. The number of terminal acetylenes is 1. The van der Waals surface area contributed by atoms with Gasteiger partial charge in [0.05, 0.1) is 0 Å². The molecule has 0 aliphatic carbocycles. The van der Waals surface area contributed by atoms with Crippen LogP contribution in [0.2, 0.25) is 0 Å². The van der Waals surface area contributed by atoms with Gasteiger partial charge in [0.2, 0.25) is 0 Å². The Hall–Kier alpha value is -4.15. The summed E-state index contributed by atoms with van der Waals surface area (Å²) in [5.74, 6) is 25.3. The Morgan fingerprint density at radius 1 is 0.960 bits per heavy atom. The van der Waals surface area contributed by atoms with Crippen molar-refractivity contribution in [3.05, 3.63) is 29.3 Å². The first-order chi connectivity index (χ1) is 12.2. The van der Waals surface area contributed by atoms with E-state index in [-0.39, 0.29) is 12.4 Å². The van der Waals surface area contributed by atoms with Crippen molar-refractivity contribution in [3.8, 4) is 77.3 Å². The molecule has 0 aliphatic rings. The Balaban J connectivity index is 2.52. The smallest absolute Gasteiger partial charge is 0.385 e. The summed E-state index contributed by atoms with van der Waals surface area (Å²) in [6.07, 6.45) is 5.68. The predicted octanol–water partition coefficient (Wildman–Crippen LogP) is 1.65. The number of carbonyl (C=O) groups is 1. The molecule has 1 rings (SSSR count). The molecule has 0 radical (unpaired) electrons. The van der Waals surface area contributed by atoms with E-state index in [1.165, 1.54) is 6.07 Å². The molecular weight excluding hydrogens is 312 g/mol. The molecule has 0 saturated heterocycles. The van der Waals surface area contributed by atoms with Gasteiger partial charge < -0.3 is 9.84 Å². The molecule has 0 fully saturated rings. The Bertz CT molecular complexity index is 996. The van der Waals surface area contributed by atoms with Crippen molar-refractivity contribution < 1.29 is 14.6 Å². The van der Waals surface area contributed by atoms with E-state index in [1.54, 1.807) is 6.07 Å². The first kappa shape index (κ1) is 18.9. The van der Waals surface area contributed by atoms with Gasteiger partial charge in [-0.15, -0.1) is 6.42 Å². The summed E-state index contributed by atoms with van der Waals surface area (Å²) in [5, 5.41) is 9.57. The average Bonchev–Trinajstić information content (AvgIpc) is 2.61. The Labute approximate surface area is 147 Å². The minimum Gasteiger partial charge on any atom is -0.508 e. The molecule has 0 spiro atoms. The number of rotatable bonds is 3. The molecule has 3 nitrogen and oxygen atoms in total.